The minimum absolute atomic E-state index is 0.0497. The molecule has 0 unspecified atom stereocenters. The van der Waals surface area contributed by atoms with E-state index < -0.39 is 0 Å². The molecule has 0 aliphatic carbocycles. The minimum atomic E-state index is -0.0497. The summed E-state index contributed by atoms with van der Waals surface area (Å²) < 4.78 is 5.45. The van der Waals surface area contributed by atoms with Crippen molar-refractivity contribution in [2.24, 2.45) is 0 Å². The van der Waals surface area contributed by atoms with Gasteiger partial charge < -0.3 is 15.0 Å². The number of carbonyl (C=O) groups is 1. The molecule has 0 fully saturated rings. The van der Waals surface area contributed by atoms with Crippen LogP contribution >= 0.6 is 0 Å². The maximum atomic E-state index is 12.0. The van der Waals surface area contributed by atoms with Gasteiger partial charge in [-0.15, -0.1) is 0 Å². The Balaban J connectivity index is 1.74. The summed E-state index contributed by atoms with van der Waals surface area (Å²) in [5.74, 6) is -0.0497. The number of fused-ring (bicyclic) bond motifs is 1. The van der Waals surface area contributed by atoms with E-state index >= 15 is 0 Å². The van der Waals surface area contributed by atoms with Gasteiger partial charge in [0, 0.05) is 18.7 Å². The fraction of sp³-hybridized carbons (Fsp3) is 0.467. The predicted octanol–water partition coefficient (Wildman–Crippen LogP) is 2.50. The van der Waals surface area contributed by atoms with Crippen molar-refractivity contribution in [3.63, 3.8) is 0 Å². The Morgan fingerprint density at radius 1 is 1.40 bits per heavy atom. The van der Waals surface area contributed by atoms with Gasteiger partial charge in [0.1, 0.15) is 0 Å². The van der Waals surface area contributed by atoms with Gasteiger partial charge in [-0.2, -0.15) is 0 Å². The van der Waals surface area contributed by atoms with E-state index in [4.69, 9.17) is 4.74 Å². The second-order valence-electron chi connectivity index (χ2n) is 5.02. The molecular formula is C15H21N3O2. The number of ether oxygens (including phenoxy) is 1. The number of amides is 1. The molecule has 0 aliphatic rings. The third-order valence-electron chi connectivity index (χ3n) is 2.99. The molecule has 2 rings (SSSR count). The van der Waals surface area contributed by atoms with E-state index in [1.165, 1.54) is 0 Å². The van der Waals surface area contributed by atoms with Crippen LogP contribution in [0.5, 0.6) is 0 Å². The molecule has 108 valence electrons. The number of aromatic nitrogens is 2. The van der Waals surface area contributed by atoms with Crippen LogP contribution in [0.3, 0.4) is 0 Å². The van der Waals surface area contributed by atoms with Crippen LogP contribution in [-0.2, 0) is 4.74 Å². The number of hydrogen-bond acceptors (Lipinski definition) is 3. The van der Waals surface area contributed by atoms with E-state index in [2.05, 4.69) is 15.3 Å². The average molecular weight is 275 g/mol. The molecule has 0 bridgehead atoms. The van der Waals surface area contributed by atoms with Crippen LogP contribution in [0.4, 0.5) is 0 Å². The lowest BCUT2D eigenvalue weighted by atomic mass is 10.2. The first kappa shape index (κ1) is 14.5. The molecule has 2 aromatic rings. The first-order chi connectivity index (χ1) is 9.66. The zero-order valence-electron chi connectivity index (χ0n) is 12.0. The van der Waals surface area contributed by atoms with Crippen molar-refractivity contribution < 1.29 is 9.53 Å². The van der Waals surface area contributed by atoms with Gasteiger partial charge in [-0.25, -0.2) is 4.98 Å². The number of hydrogen-bond donors (Lipinski definition) is 2. The topological polar surface area (TPSA) is 67.0 Å². The molecule has 0 aliphatic heterocycles. The SMILES string of the molecule is CC(C)OCCCCNC(=O)c1ccc2nc[nH]c2c1. The number of H-pyrrole nitrogens is 1. The second kappa shape index (κ2) is 7.05. The van der Waals surface area contributed by atoms with Crippen LogP contribution in [0.25, 0.3) is 11.0 Å². The highest BCUT2D eigenvalue weighted by molar-refractivity contribution is 5.97. The highest BCUT2D eigenvalue weighted by Gasteiger charge is 2.06. The maximum Gasteiger partial charge on any atom is 0.251 e. The molecule has 0 saturated heterocycles. The van der Waals surface area contributed by atoms with Gasteiger partial charge >= 0.3 is 0 Å². The summed E-state index contributed by atoms with van der Waals surface area (Å²) in [5, 5.41) is 2.92. The molecule has 0 atom stereocenters. The number of unbranched alkanes of at least 4 members (excludes halogenated alkanes) is 1. The van der Waals surface area contributed by atoms with Crippen molar-refractivity contribution in [2.45, 2.75) is 32.8 Å². The first-order valence-corrected chi connectivity index (χ1v) is 7.00. The quantitative estimate of drug-likeness (QED) is 0.763. The van der Waals surface area contributed by atoms with E-state index in [0.717, 1.165) is 30.5 Å². The predicted molar refractivity (Wildman–Crippen MR) is 78.7 cm³/mol. The summed E-state index contributed by atoms with van der Waals surface area (Å²) >= 11 is 0. The Kier molecular flexibility index (Phi) is 5.12. The second-order valence-corrected chi connectivity index (χ2v) is 5.02. The lowest BCUT2D eigenvalue weighted by molar-refractivity contribution is 0.0754. The van der Waals surface area contributed by atoms with E-state index in [9.17, 15) is 4.79 Å². The van der Waals surface area contributed by atoms with Gasteiger partial charge in [0.05, 0.1) is 23.5 Å². The number of nitrogens with zero attached hydrogens (tertiary/aromatic N) is 1. The molecule has 1 aromatic heterocycles. The smallest absolute Gasteiger partial charge is 0.251 e. The lowest BCUT2D eigenvalue weighted by Gasteiger charge is -2.08. The fourth-order valence-electron chi connectivity index (χ4n) is 1.93. The monoisotopic (exact) mass is 275 g/mol. The lowest BCUT2D eigenvalue weighted by Crippen LogP contribution is -2.24. The largest absolute Gasteiger partial charge is 0.379 e. The van der Waals surface area contributed by atoms with Crippen LogP contribution < -0.4 is 5.32 Å². The molecule has 0 radical (unpaired) electrons. The molecule has 0 spiro atoms. The number of nitrogens with one attached hydrogen (secondary N) is 2. The molecule has 1 amide bonds. The summed E-state index contributed by atoms with van der Waals surface area (Å²) in [4.78, 5) is 19.1. The first-order valence-electron chi connectivity index (χ1n) is 7.00. The highest BCUT2D eigenvalue weighted by Crippen LogP contribution is 2.11. The number of carbonyl (C=O) groups excluding carboxylic acids is 1. The van der Waals surface area contributed by atoms with Gasteiger partial charge in [-0.1, -0.05) is 0 Å². The molecule has 20 heavy (non-hydrogen) atoms. The maximum absolute atomic E-state index is 12.0. The molecule has 2 N–H and O–H groups in total. The molecule has 0 saturated carbocycles. The van der Waals surface area contributed by atoms with E-state index in [0.29, 0.717) is 12.1 Å². The highest BCUT2D eigenvalue weighted by atomic mass is 16.5. The molecule has 5 heteroatoms. The van der Waals surface area contributed by atoms with Gasteiger partial charge in [0.2, 0.25) is 0 Å². The average Bonchev–Trinajstić information content (AvgIpc) is 2.89. The van der Waals surface area contributed by atoms with Gasteiger partial charge in [-0.3, -0.25) is 4.79 Å². The van der Waals surface area contributed by atoms with Crippen LogP contribution in [0.2, 0.25) is 0 Å². The standard InChI is InChI=1S/C15H21N3O2/c1-11(2)20-8-4-3-7-16-15(19)12-5-6-13-14(9-12)18-10-17-13/h5-6,9-11H,3-4,7-8H2,1-2H3,(H,16,19)(H,17,18). The Morgan fingerprint density at radius 3 is 3.05 bits per heavy atom. The van der Waals surface area contributed by atoms with Crippen LogP contribution in [-0.4, -0.2) is 35.1 Å². The summed E-state index contributed by atoms with van der Waals surface area (Å²) in [6.07, 6.45) is 3.77. The van der Waals surface area contributed by atoms with Gasteiger partial charge in [0.25, 0.3) is 5.91 Å². The third-order valence-corrected chi connectivity index (χ3v) is 2.99. The zero-order valence-corrected chi connectivity index (χ0v) is 12.0. The normalized spacial score (nSPS) is 11.2. The van der Waals surface area contributed by atoms with Crippen LogP contribution in [0.15, 0.2) is 24.5 Å². The Morgan fingerprint density at radius 2 is 2.25 bits per heavy atom. The van der Waals surface area contributed by atoms with E-state index in [1.54, 1.807) is 12.4 Å². The number of imidazole rings is 1. The molecule has 1 aromatic carbocycles. The zero-order chi connectivity index (χ0) is 14.4. The molecular weight excluding hydrogens is 254 g/mol. The Labute approximate surface area is 118 Å². The number of rotatable bonds is 7. The number of benzene rings is 1. The van der Waals surface area contributed by atoms with Crippen LogP contribution in [0.1, 0.15) is 37.0 Å². The summed E-state index contributed by atoms with van der Waals surface area (Å²) in [5.41, 5.74) is 2.40. The summed E-state index contributed by atoms with van der Waals surface area (Å²) in [6, 6.07) is 5.46. The fourth-order valence-corrected chi connectivity index (χ4v) is 1.93. The van der Waals surface area contributed by atoms with E-state index in [1.807, 2.05) is 26.0 Å². The van der Waals surface area contributed by atoms with Crippen molar-refractivity contribution in [3.8, 4) is 0 Å². The van der Waals surface area contributed by atoms with Crippen molar-refractivity contribution in [1.29, 1.82) is 0 Å². The van der Waals surface area contributed by atoms with E-state index in [-0.39, 0.29) is 12.0 Å². The molecule has 5 nitrogen and oxygen atoms in total. The third kappa shape index (κ3) is 4.06. The van der Waals surface area contributed by atoms with Crippen molar-refractivity contribution in [1.82, 2.24) is 15.3 Å². The van der Waals surface area contributed by atoms with Crippen molar-refractivity contribution in [2.75, 3.05) is 13.2 Å². The molecule has 1 heterocycles. The van der Waals surface area contributed by atoms with Crippen molar-refractivity contribution >= 4 is 16.9 Å². The Bertz CT molecular complexity index is 563. The Hall–Kier alpha value is -1.88. The van der Waals surface area contributed by atoms with Crippen LogP contribution in [0, 0.1) is 0 Å². The van der Waals surface area contributed by atoms with Gasteiger partial charge in [-0.05, 0) is 44.9 Å². The summed E-state index contributed by atoms with van der Waals surface area (Å²) in [6.45, 7) is 5.45. The minimum Gasteiger partial charge on any atom is -0.379 e. The number of aromatic amines is 1. The summed E-state index contributed by atoms with van der Waals surface area (Å²) in [7, 11) is 0. The van der Waals surface area contributed by atoms with Crippen molar-refractivity contribution in [3.05, 3.63) is 30.1 Å². The van der Waals surface area contributed by atoms with Gasteiger partial charge in [0.15, 0.2) is 0 Å².